The Hall–Kier alpha value is -0.870. The zero-order valence-electron chi connectivity index (χ0n) is 16.6. The highest BCUT2D eigenvalue weighted by atomic mass is 127. The molecule has 1 aromatic rings. The fourth-order valence-electron chi connectivity index (χ4n) is 3.09. The van der Waals surface area contributed by atoms with E-state index < -0.39 is 10.0 Å². The van der Waals surface area contributed by atoms with Gasteiger partial charge in [-0.05, 0) is 31.7 Å². The summed E-state index contributed by atoms with van der Waals surface area (Å²) in [6, 6.07) is 8.36. The second-order valence-corrected chi connectivity index (χ2v) is 8.92. The standard InChI is InChI=1S/C19H32N4O2S.HI/c1-4-5-12-20-19(21-14-17-10-8-16(2)9-11-17)22-15-18-7-6-13-23(18)26(3,24)25;/h8-11,18H,4-7,12-15H2,1-3H3,(H2,20,21,22);1H/t18-;/m1./s1. The molecular formula is C19H33IN4O2S. The minimum absolute atomic E-state index is 0. The van der Waals surface area contributed by atoms with Crippen LogP contribution in [-0.4, -0.2) is 50.6 Å². The number of sulfonamides is 1. The van der Waals surface area contributed by atoms with Crippen molar-refractivity contribution in [2.24, 2.45) is 4.99 Å². The second kappa shape index (κ2) is 11.9. The predicted molar refractivity (Wildman–Crippen MR) is 123 cm³/mol. The summed E-state index contributed by atoms with van der Waals surface area (Å²) in [5, 5.41) is 6.69. The molecule has 0 unspecified atom stereocenters. The van der Waals surface area contributed by atoms with Crippen LogP contribution in [0.2, 0.25) is 0 Å². The highest BCUT2D eigenvalue weighted by molar-refractivity contribution is 14.0. The van der Waals surface area contributed by atoms with Crippen molar-refractivity contribution < 1.29 is 8.42 Å². The first kappa shape index (κ1) is 24.2. The molecule has 0 aromatic heterocycles. The Morgan fingerprint density at radius 1 is 1.26 bits per heavy atom. The quantitative estimate of drug-likeness (QED) is 0.245. The van der Waals surface area contributed by atoms with E-state index in [1.54, 1.807) is 4.31 Å². The summed E-state index contributed by atoms with van der Waals surface area (Å²) in [5.74, 6) is 0.749. The Morgan fingerprint density at radius 3 is 2.59 bits per heavy atom. The maximum Gasteiger partial charge on any atom is 0.211 e. The van der Waals surface area contributed by atoms with Gasteiger partial charge in [0.25, 0.3) is 0 Å². The van der Waals surface area contributed by atoms with E-state index in [0.717, 1.165) is 43.8 Å². The van der Waals surface area contributed by atoms with Gasteiger partial charge in [-0.15, -0.1) is 24.0 Å². The first-order valence-electron chi connectivity index (χ1n) is 9.44. The lowest BCUT2D eigenvalue weighted by Crippen LogP contribution is -2.46. The van der Waals surface area contributed by atoms with Gasteiger partial charge in [-0.3, -0.25) is 0 Å². The first-order chi connectivity index (χ1) is 12.4. The molecule has 0 radical (unpaired) electrons. The minimum Gasteiger partial charge on any atom is -0.356 e. The minimum atomic E-state index is -3.15. The number of guanidine groups is 1. The van der Waals surface area contributed by atoms with Crippen LogP contribution in [0.4, 0.5) is 0 Å². The van der Waals surface area contributed by atoms with E-state index in [4.69, 9.17) is 0 Å². The molecule has 1 aliphatic rings. The van der Waals surface area contributed by atoms with Crippen molar-refractivity contribution in [2.75, 3.05) is 25.9 Å². The van der Waals surface area contributed by atoms with Crippen LogP contribution in [0.1, 0.15) is 43.7 Å². The Morgan fingerprint density at radius 2 is 1.96 bits per heavy atom. The molecule has 2 N–H and O–H groups in total. The largest absolute Gasteiger partial charge is 0.356 e. The van der Waals surface area contributed by atoms with Gasteiger partial charge in [0.15, 0.2) is 5.96 Å². The van der Waals surface area contributed by atoms with Crippen molar-refractivity contribution in [2.45, 2.75) is 52.1 Å². The van der Waals surface area contributed by atoms with Crippen molar-refractivity contribution in [3.05, 3.63) is 35.4 Å². The maximum absolute atomic E-state index is 11.9. The van der Waals surface area contributed by atoms with Crippen LogP contribution in [0, 0.1) is 6.92 Å². The molecule has 1 aromatic carbocycles. The SMILES string of the molecule is CCCCNC(=NCc1ccc(C)cc1)NC[C@H]1CCCN1S(C)(=O)=O.I. The summed E-state index contributed by atoms with van der Waals surface area (Å²) in [7, 11) is -3.15. The Kier molecular flexibility index (Phi) is 10.6. The molecule has 27 heavy (non-hydrogen) atoms. The summed E-state index contributed by atoms with van der Waals surface area (Å²) >= 11 is 0. The number of benzene rings is 1. The molecule has 1 heterocycles. The van der Waals surface area contributed by atoms with Gasteiger partial charge in [0, 0.05) is 25.7 Å². The summed E-state index contributed by atoms with van der Waals surface area (Å²) in [6.07, 6.45) is 5.28. The predicted octanol–water partition coefficient (Wildman–Crippen LogP) is 2.87. The van der Waals surface area contributed by atoms with Crippen LogP contribution in [0.5, 0.6) is 0 Å². The molecule has 154 valence electrons. The third-order valence-corrected chi connectivity index (χ3v) is 5.95. The molecule has 2 rings (SSSR count). The van der Waals surface area contributed by atoms with Crippen LogP contribution in [0.15, 0.2) is 29.3 Å². The zero-order chi connectivity index (χ0) is 19.0. The molecule has 0 bridgehead atoms. The summed E-state index contributed by atoms with van der Waals surface area (Å²) in [4.78, 5) is 4.67. The molecule has 0 amide bonds. The van der Waals surface area contributed by atoms with Crippen molar-refractivity contribution in [3.8, 4) is 0 Å². The molecule has 1 fully saturated rings. The number of rotatable bonds is 8. The smallest absolute Gasteiger partial charge is 0.211 e. The molecule has 1 aliphatic heterocycles. The Balaban J connectivity index is 0.00000364. The van der Waals surface area contributed by atoms with Gasteiger partial charge in [0.2, 0.25) is 10.0 Å². The van der Waals surface area contributed by atoms with Gasteiger partial charge in [-0.2, -0.15) is 4.31 Å². The number of hydrogen-bond donors (Lipinski definition) is 2. The molecule has 1 atom stereocenters. The van der Waals surface area contributed by atoms with Crippen LogP contribution in [0.25, 0.3) is 0 Å². The number of aryl methyl sites for hydroxylation is 1. The van der Waals surface area contributed by atoms with E-state index in [-0.39, 0.29) is 30.0 Å². The summed E-state index contributed by atoms with van der Waals surface area (Å²) in [5.41, 5.74) is 2.39. The van der Waals surface area contributed by atoms with E-state index in [9.17, 15) is 8.42 Å². The molecule has 1 saturated heterocycles. The summed E-state index contributed by atoms with van der Waals surface area (Å²) < 4.78 is 25.4. The third-order valence-electron chi connectivity index (χ3n) is 4.62. The van der Waals surface area contributed by atoms with E-state index in [0.29, 0.717) is 19.6 Å². The highest BCUT2D eigenvalue weighted by Crippen LogP contribution is 2.19. The number of aliphatic imine (C=N–C) groups is 1. The van der Waals surface area contributed by atoms with E-state index in [2.05, 4.69) is 53.7 Å². The van der Waals surface area contributed by atoms with Crippen LogP contribution in [-0.2, 0) is 16.6 Å². The topological polar surface area (TPSA) is 73.8 Å². The third kappa shape index (κ3) is 8.35. The lowest BCUT2D eigenvalue weighted by Gasteiger charge is -2.23. The van der Waals surface area contributed by atoms with Gasteiger partial charge >= 0.3 is 0 Å². The van der Waals surface area contributed by atoms with Crippen LogP contribution < -0.4 is 10.6 Å². The molecule has 8 heteroatoms. The number of unbranched alkanes of at least 4 members (excludes halogenated alkanes) is 1. The normalized spacial score (nSPS) is 18.2. The van der Waals surface area contributed by atoms with Crippen molar-refractivity contribution in [1.82, 2.24) is 14.9 Å². The van der Waals surface area contributed by atoms with E-state index in [1.807, 2.05) is 0 Å². The summed E-state index contributed by atoms with van der Waals surface area (Å²) in [6.45, 7) is 6.88. The number of halogens is 1. The average molecular weight is 508 g/mol. The molecule has 0 saturated carbocycles. The van der Waals surface area contributed by atoms with E-state index in [1.165, 1.54) is 11.8 Å². The zero-order valence-corrected chi connectivity index (χ0v) is 19.7. The Labute approximate surface area is 181 Å². The number of nitrogens with zero attached hydrogens (tertiary/aromatic N) is 2. The van der Waals surface area contributed by atoms with Gasteiger partial charge in [-0.1, -0.05) is 43.2 Å². The van der Waals surface area contributed by atoms with Crippen molar-refractivity contribution >= 4 is 40.0 Å². The van der Waals surface area contributed by atoms with Crippen molar-refractivity contribution in [3.63, 3.8) is 0 Å². The molecule has 0 aliphatic carbocycles. The van der Waals surface area contributed by atoms with Gasteiger partial charge in [0.05, 0.1) is 12.8 Å². The van der Waals surface area contributed by atoms with Gasteiger partial charge in [0.1, 0.15) is 0 Å². The van der Waals surface area contributed by atoms with Crippen molar-refractivity contribution in [1.29, 1.82) is 0 Å². The van der Waals surface area contributed by atoms with E-state index >= 15 is 0 Å². The maximum atomic E-state index is 11.9. The van der Waals surface area contributed by atoms with Gasteiger partial charge < -0.3 is 10.6 Å². The molecule has 0 spiro atoms. The lowest BCUT2D eigenvalue weighted by molar-refractivity contribution is 0.387. The average Bonchev–Trinajstić information content (AvgIpc) is 3.07. The number of hydrogen-bond acceptors (Lipinski definition) is 3. The van der Waals surface area contributed by atoms with Crippen LogP contribution in [0.3, 0.4) is 0 Å². The number of nitrogens with one attached hydrogen (secondary N) is 2. The fourth-order valence-corrected chi connectivity index (χ4v) is 4.27. The Bertz CT molecular complexity index is 692. The lowest BCUT2D eigenvalue weighted by atomic mass is 10.1. The second-order valence-electron chi connectivity index (χ2n) is 6.98. The molecular weight excluding hydrogens is 475 g/mol. The first-order valence-corrected chi connectivity index (χ1v) is 11.3. The monoisotopic (exact) mass is 508 g/mol. The highest BCUT2D eigenvalue weighted by Gasteiger charge is 2.31. The fraction of sp³-hybridized carbons (Fsp3) is 0.632. The van der Waals surface area contributed by atoms with Gasteiger partial charge in [-0.25, -0.2) is 13.4 Å². The molecule has 6 nitrogen and oxygen atoms in total. The van der Waals surface area contributed by atoms with Crippen LogP contribution >= 0.6 is 24.0 Å².